The van der Waals surface area contributed by atoms with Crippen molar-refractivity contribution in [1.82, 2.24) is 14.8 Å². The molecule has 1 N–H and O–H groups in total. The molecule has 1 amide bonds. The van der Waals surface area contributed by atoms with Crippen molar-refractivity contribution in [3.63, 3.8) is 0 Å². The van der Waals surface area contributed by atoms with E-state index in [0.717, 1.165) is 37.9 Å². The molecule has 2 aromatic heterocycles. The lowest BCUT2D eigenvalue weighted by molar-refractivity contribution is -0.160. The molecule has 2 atom stereocenters. The number of fused-ring (bicyclic) bond motifs is 2. The van der Waals surface area contributed by atoms with Gasteiger partial charge in [-0.2, -0.15) is 5.10 Å². The standard InChI is InChI=1S/C32H31ClN4O4S/c1-17-12-23-29(27(18-6-9-22(33)10-7-18)26(17)28(30(39)40)41-32(2,3)4)42-31(35-23)37-16-21(14-25(37)38)19-8-11-24-20(13-19)15-34-36(24)5/h6-13,15,21,28H,14,16H2,1-5H3,(H,39,40)/t21?,28-/m0/s1. The van der Waals surface area contributed by atoms with E-state index >= 15 is 0 Å². The van der Waals surface area contributed by atoms with Crippen molar-refractivity contribution >= 4 is 61.1 Å². The lowest BCUT2D eigenvalue weighted by Crippen LogP contribution is -2.28. The van der Waals surface area contributed by atoms with Crippen LogP contribution in [-0.4, -0.2) is 43.9 Å². The summed E-state index contributed by atoms with van der Waals surface area (Å²) in [6.07, 6.45) is 1.02. The van der Waals surface area contributed by atoms with Gasteiger partial charge in [0.2, 0.25) is 5.91 Å². The highest BCUT2D eigenvalue weighted by Gasteiger charge is 2.36. The number of carboxylic acids is 1. The van der Waals surface area contributed by atoms with E-state index < -0.39 is 17.7 Å². The third-order valence-corrected chi connectivity index (χ3v) is 8.97. The average Bonchev–Trinajstić information content (AvgIpc) is 3.63. The number of amides is 1. The Labute approximate surface area is 252 Å². The molecule has 0 spiro atoms. The highest BCUT2D eigenvalue weighted by atomic mass is 35.5. The number of aryl methyl sites for hydroxylation is 2. The Kier molecular flexibility index (Phi) is 7.07. The van der Waals surface area contributed by atoms with Gasteiger partial charge in [-0.25, -0.2) is 9.78 Å². The number of carbonyl (C=O) groups is 2. The molecule has 1 unspecified atom stereocenters. The summed E-state index contributed by atoms with van der Waals surface area (Å²) < 4.78 is 8.74. The summed E-state index contributed by atoms with van der Waals surface area (Å²) in [4.78, 5) is 32.6. The van der Waals surface area contributed by atoms with Gasteiger partial charge < -0.3 is 9.84 Å². The fourth-order valence-electron chi connectivity index (χ4n) is 5.69. The second-order valence-electron chi connectivity index (χ2n) is 11.8. The van der Waals surface area contributed by atoms with Crippen molar-refractivity contribution in [2.24, 2.45) is 7.05 Å². The van der Waals surface area contributed by atoms with E-state index in [9.17, 15) is 14.7 Å². The maximum atomic E-state index is 13.3. The summed E-state index contributed by atoms with van der Waals surface area (Å²) in [6.45, 7) is 7.90. The molecule has 0 radical (unpaired) electrons. The quantitative estimate of drug-likeness (QED) is 0.219. The summed E-state index contributed by atoms with van der Waals surface area (Å²) >= 11 is 7.61. The molecule has 0 saturated carbocycles. The second kappa shape index (κ2) is 10.5. The summed E-state index contributed by atoms with van der Waals surface area (Å²) in [5, 5.41) is 16.9. The van der Waals surface area contributed by atoms with Gasteiger partial charge in [0, 0.05) is 47.5 Å². The third-order valence-electron chi connectivity index (χ3n) is 7.60. The third kappa shape index (κ3) is 5.17. The van der Waals surface area contributed by atoms with E-state index in [4.69, 9.17) is 21.3 Å². The van der Waals surface area contributed by atoms with Gasteiger partial charge in [-0.05, 0) is 74.7 Å². The molecule has 8 nitrogen and oxygen atoms in total. The van der Waals surface area contributed by atoms with Crippen LogP contribution in [0.5, 0.6) is 0 Å². The van der Waals surface area contributed by atoms with E-state index in [1.165, 1.54) is 11.3 Å². The Morgan fingerprint density at radius 1 is 1.17 bits per heavy atom. The van der Waals surface area contributed by atoms with Gasteiger partial charge in [0.15, 0.2) is 11.2 Å². The van der Waals surface area contributed by atoms with Crippen LogP contribution in [0.2, 0.25) is 5.02 Å². The molecule has 1 saturated heterocycles. The van der Waals surface area contributed by atoms with Crippen LogP contribution in [0.25, 0.3) is 32.2 Å². The number of carboxylic acid groups (broad SMARTS) is 1. The van der Waals surface area contributed by atoms with Gasteiger partial charge in [0.25, 0.3) is 0 Å². The molecule has 0 aliphatic carbocycles. The Morgan fingerprint density at radius 3 is 2.60 bits per heavy atom. The number of aliphatic carboxylic acids is 1. The smallest absolute Gasteiger partial charge is 0.337 e. The zero-order valence-corrected chi connectivity index (χ0v) is 25.6. The number of ether oxygens (including phenoxy) is 1. The molecule has 6 rings (SSSR count). The molecule has 216 valence electrons. The zero-order valence-electron chi connectivity index (χ0n) is 24.0. The molecule has 3 heterocycles. The number of hydrogen-bond acceptors (Lipinski definition) is 6. The summed E-state index contributed by atoms with van der Waals surface area (Å²) in [5.41, 5.74) is 4.99. The van der Waals surface area contributed by atoms with Crippen molar-refractivity contribution in [3.8, 4) is 11.1 Å². The van der Waals surface area contributed by atoms with Crippen molar-refractivity contribution in [2.75, 3.05) is 11.4 Å². The molecule has 42 heavy (non-hydrogen) atoms. The van der Waals surface area contributed by atoms with Gasteiger partial charge >= 0.3 is 5.97 Å². The summed E-state index contributed by atoms with van der Waals surface area (Å²) in [7, 11) is 1.91. The number of hydrogen-bond donors (Lipinski definition) is 1. The predicted octanol–water partition coefficient (Wildman–Crippen LogP) is 7.27. The number of nitrogens with zero attached hydrogens (tertiary/aromatic N) is 4. The number of thiazole rings is 1. The number of anilines is 1. The minimum absolute atomic E-state index is 0.00908. The van der Waals surface area contributed by atoms with Crippen LogP contribution in [0.4, 0.5) is 5.13 Å². The van der Waals surface area contributed by atoms with E-state index in [-0.39, 0.29) is 11.8 Å². The first-order valence-corrected chi connectivity index (χ1v) is 14.9. The largest absolute Gasteiger partial charge is 0.479 e. The first kappa shape index (κ1) is 28.3. The van der Waals surface area contributed by atoms with Crippen LogP contribution in [0, 0.1) is 6.92 Å². The van der Waals surface area contributed by atoms with Crippen LogP contribution < -0.4 is 4.90 Å². The highest BCUT2D eigenvalue weighted by molar-refractivity contribution is 7.23. The van der Waals surface area contributed by atoms with Crippen molar-refractivity contribution in [2.45, 2.75) is 51.7 Å². The number of halogens is 1. The lowest BCUT2D eigenvalue weighted by atomic mass is 9.91. The van der Waals surface area contributed by atoms with Crippen molar-refractivity contribution in [3.05, 3.63) is 76.4 Å². The molecule has 10 heteroatoms. The maximum Gasteiger partial charge on any atom is 0.337 e. The van der Waals surface area contributed by atoms with Crippen LogP contribution in [0.3, 0.4) is 0 Å². The topological polar surface area (TPSA) is 97.5 Å². The maximum absolute atomic E-state index is 13.3. The van der Waals surface area contributed by atoms with Crippen molar-refractivity contribution < 1.29 is 19.4 Å². The van der Waals surface area contributed by atoms with Crippen LogP contribution in [-0.2, 0) is 21.4 Å². The fourth-order valence-corrected chi connectivity index (χ4v) is 6.97. The highest BCUT2D eigenvalue weighted by Crippen LogP contribution is 2.45. The van der Waals surface area contributed by atoms with Gasteiger partial charge in [-0.15, -0.1) is 0 Å². The summed E-state index contributed by atoms with van der Waals surface area (Å²) in [6, 6.07) is 15.4. The van der Waals surface area contributed by atoms with E-state index in [0.29, 0.717) is 34.2 Å². The number of benzene rings is 3. The Morgan fingerprint density at radius 2 is 1.90 bits per heavy atom. The summed E-state index contributed by atoms with van der Waals surface area (Å²) in [5.74, 6) is -1.04. The van der Waals surface area contributed by atoms with Crippen LogP contribution >= 0.6 is 22.9 Å². The van der Waals surface area contributed by atoms with Crippen LogP contribution in [0.15, 0.2) is 54.7 Å². The van der Waals surface area contributed by atoms with Crippen molar-refractivity contribution in [1.29, 1.82) is 0 Å². The normalized spacial score (nSPS) is 16.6. The number of aromatic nitrogens is 3. The zero-order chi connectivity index (χ0) is 29.9. The minimum atomic E-state index is -1.20. The Bertz CT molecular complexity index is 1850. The Balaban J connectivity index is 1.45. The molecular formula is C32H31ClN4O4S. The Hall–Kier alpha value is -3.79. The molecule has 3 aromatic carbocycles. The van der Waals surface area contributed by atoms with E-state index in [2.05, 4.69) is 17.2 Å². The van der Waals surface area contributed by atoms with Gasteiger partial charge in [-0.3, -0.25) is 14.4 Å². The number of carbonyl (C=O) groups excluding carboxylic acids is 1. The second-order valence-corrected chi connectivity index (χ2v) is 13.2. The van der Waals surface area contributed by atoms with Gasteiger partial charge in [0.1, 0.15) is 0 Å². The molecular weight excluding hydrogens is 572 g/mol. The van der Waals surface area contributed by atoms with Gasteiger partial charge in [0.05, 0.1) is 27.5 Å². The monoisotopic (exact) mass is 602 g/mol. The molecule has 5 aromatic rings. The number of rotatable bonds is 6. The first-order chi connectivity index (χ1) is 19.9. The average molecular weight is 603 g/mol. The molecule has 1 aliphatic heterocycles. The fraction of sp³-hybridized carbons (Fsp3) is 0.312. The molecule has 1 aliphatic rings. The van der Waals surface area contributed by atoms with E-state index in [1.807, 2.05) is 69.9 Å². The van der Waals surface area contributed by atoms with Gasteiger partial charge in [-0.1, -0.05) is 41.1 Å². The molecule has 0 bridgehead atoms. The lowest BCUT2D eigenvalue weighted by Gasteiger charge is -2.28. The SMILES string of the molecule is Cc1cc2nc(N3CC(c4ccc5c(cnn5C)c4)CC3=O)sc2c(-c2ccc(Cl)cc2)c1[C@H](OC(C)(C)C)C(=O)O. The predicted molar refractivity (Wildman–Crippen MR) is 166 cm³/mol. The molecule has 1 fully saturated rings. The minimum Gasteiger partial charge on any atom is -0.479 e. The van der Waals surface area contributed by atoms with Crippen LogP contribution in [0.1, 0.15) is 55.9 Å². The van der Waals surface area contributed by atoms with E-state index in [1.54, 1.807) is 17.0 Å². The first-order valence-electron chi connectivity index (χ1n) is 13.7.